The average Bonchev–Trinajstić information content (AvgIpc) is 3.40. The Morgan fingerprint density at radius 1 is 0.682 bits per heavy atom. The third-order valence-electron chi connectivity index (χ3n) is 9.02. The fraction of sp³-hybridized carbons (Fsp3) is 0.184. The van der Waals surface area contributed by atoms with Gasteiger partial charge < -0.3 is 23.8 Å². The van der Waals surface area contributed by atoms with Crippen molar-refractivity contribution >= 4 is 33.4 Å². The number of hydrogen-bond donors (Lipinski definition) is 0. The molecular weight excluding hydrogens is 550 g/mol. The van der Waals surface area contributed by atoms with Crippen molar-refractivity contribution in [2.45, 2.75) is 0 Å². The van der Waals surface area contributed by atoms with Gasteiger partial charge in [0.2, 0.25) is 0 Å². The van der Waals surface area contributed by atoms with Crippen molar-refractivity contribution in [2.24, 2.45) is 0 Å². The zero-order valence-electron chi connectivity index (χ0n) is 24.7. The van der Waals surface area contributed by atoms with Crippen LogP contribution in [0.15, 0.2) is 91.0 Å². The first kappa shape index (κ1) is 26.5. The Bertz CT molecular complexity index is 1970. The molecule has 3 aliphatic rings. The van der Waals surface area contributed by atoms with Crippen LogP contribution in [0.2, 0.25) is 0 Å². The molecule has 0 N–H and O–H groups in total. The topological polar surface area (TPSA) is 57.2 Å². The zero-order valence-corrected chi connectivity index (χ0v) is 24.7. The highest BCUT2D eigenvalue weighted by Crippen LogP contribution is 2.54. The Morgan fingerprint density at radius 3 is 2.02 bits per heavy atom. The standard InChI is InChI=1S/C38H31NO5/c1-41-26-12-7-23(8-13-26)32-22-44-38-30-6-4-3-5-28(30)34-29-16-11-25(39-17-19-43-20-18-39)21-31(29)37(40)35(34)36(38)33(32)24-9-14-27(42-2)15-10-24/h3-16,21H,17-20,22H2,1-2H3. The van der Waals surface area contributed by atoms with E-state index in [2.05, 4.69) is 59.5 Å². The number of anilines is 1. The van der Waals surface area contributed by atoms with Gasteiger partial charge in [0.05, 0.1) is 27.4 Å². The summed E-state index contributed by atoms with van der Waals surface area (Å²) in [7, 11) is 3.33. The van der Waals surface area contributed by atoms with Crippen molar-refractivity contribution in [3.8, 4) is 28.4 Å². The molecular formula is C38H31NO5. The molecule has 0 bridgehead atoms. The van der Waals surface area contributed by atoms with Gasteiger partial charge in [-0.3, -0.25) is 4.79 Å². The van der Waals surface area contributed by atoms with Crippen molar-refractivity contribution in [1.29, 1.82) is 0 Å². The third-order valence-corrected chi connectivity index (χ3v) is 9.02. The molecule has 0 aromatic heterocycles. The van der Waals surface area contributed by atoms with Crippen molar-refractivity contribution in [1.82, 2.24) is 0 Å². The summed E-state index contributed by atoms with van der Waals surface area (Å²) in [6.45, 7) is 3.35. The molecule has 0 amide bonds. The molecule has 2 heterocycles. The Hall–Kier alpha value is -5.07. The van der Waals surface area contributed by atoms with Gasteiger partial charge in [0.25, 0.3) is 0 Å². The lowest BCUT2D eigenvalue weighted by Gasteiger charge is -2.29. The maximum atomic E-state index is 14.7. The summed E-state index contributed by atoms with van der Waals surface area (Å²) in [5.41, 5.74) is 9.28. The first-order chi connectivity index (χ1) is 21.7. The number of ether oxygens (including phenoxy) is 4. The highest BCUT2D eigenvalue weighted by Gasteiger charge is 2.38. The van der Waals surface area contributed by atoms with Crippen molar-refractivity contribution in [3.63, 3.8) is 0 Å². The number of carbonyl (C=O) groups excluding carboxylic acids is 1. The molecule has 44 heavy (non-hydrogen) atoms. The van der Waals surface area contributed by atoms with Crippen molar-refractivity contribution in [2.75, 3.05) is 52.0 Å². The van der Waals surface area contributed by atoms with Gasteiger partial charge in [0, 0.05) is 57.6 Å². The molecule has 0 unspecified atom stereocenters. The van der Waals surface area contributed by atoms with Crippen LogP contribution in [0.3, 0.4) is 0 Å². The number of methoxy groups -OCH3 is 2. The minimum absolute atomic E-state index is 0.0257. The molecule has 0 radical (unpaired) electrons. The summed E-state index contributed by atoms with van der Waals surface area (Å²) in [6, 6.07) is 30.7. The van der Waals surface area contributed by atoms with E-state index in [4.69, 9.17) is 18.9 Å². The summed E-state index contributed by atoms with van der Waals surface area (Å²) in [6.07, 6.45) is 0. The van der Waals surface area contributed by atoms with Gasteiger partial charge in [-0.05, 0) is 58.5 Å². The number of rotatable bonds is 5. The average molecular weight is 582 g/mol. The first-order valence-electron chi connectivity index (χ1n) is 14.9. The normalized spacial score (nSPS) is 15.5. The third kappa shape index (κ3) is 4.09. The fourth-order valence-electron chi connectivity index (χ4n) is 6.86. The molecule has 8 rings (SSSR count). The van der Waals surface area contributed by atoms with Gasteiger partial charge in [-0.25, -0.2) is 0 Å². The maximum absolute atomic E-state index is 14.7. The summed E-state index contributed by atoms with van der Waals surface area (Å²) in [4.78, 5) is 17.0. The highest BCUT2D eigenvalue weighted by atomic mass is 16.5. The molecule has 1 fully saturated rings. The zero-order chi connectivity index (χ0) is 29.8. The lowest BCUT2D eigenvalue weighted by molar-refractivity contribution is 0.104. The molecule has 1 saturated heterocycles. The summed E-state index contributed by atoms with van der Waals surface area (Å²) >= 11 is 0. The van der Waals surface area contributed by atoms with E-state index in [0.29, 0.717) is 25.4 Å². The number of benzene rings is 5. The van der Waals surface area contributed by atoms with Gasteiger partial charge in [0.15, 0.2) is 5.78 Å². The fourth-order valence-corrected chi connectivity index (χ4v) is 6.86. The number of nitrogens with zero attached hydrogens (tertiary/aromatic N) is 1. The highest BCUT2D eigenvalue weighted by molar-refractivity contribution is 6.30. The van der Waals surface area contributed by atoms with Crippen molar-refractivity contribution in [3.05, 3.63) is 119 Å². The first-order valence-corrected chi connectivity index (χ1v) is 14.9. The molecule has 0 spiro atoms. The molecule has 6 nitrogen and oxygen atoms in total. The summed E-state index contributed by atoms with van der Waals surface area (Å²) in [5, 5.41) is 2.02. The molecule has 6 heteroatoms. The second kappa shape index (κ2) is 10.6. The molecule has 2 aliphatic heterocycles. The smallest absolute Gasteiger partial charge is 0.195 e. The number of fused-ring (bicyclic) bond motifs is 8. The second-order valence-electron chi connectivity index (χ2n) is 11.3. The number of hydrogen-bond acceptors (Lipinski definition) is 6. The van der Waals surface area contributed by atoms with E-state index in [1.807, 2.05) is 36.4 Å². The predicted octanol–water partition coefficient (Wildman–Crippen LogP) is 7.26. The van der Waals surface area contributed by atoms with Crippen LogP contribution in [0.5, 0.6) is 17.2 Å². The van der Waals surface area contributed by atoms with Crippen LogP contribution in [0.1, 0.15) is 32.6 Å². The van der Waals surface area contributed by atoms with E-state index in [0.717, 1.165) is 91.3 Å². The van der Waals surface area contributed by atoms with Crippen LogP contribution in [0.25, 0.3) is 33.0 Å². The number of carbonyl (C=O) groups is 1. The molecule has 0 saturated carbocycles. The Kier molecular flexibility index (Phi) is 6.38. The van der Waals surface area contributed by atoms with E-state index in [9.17, 15) is 4.79 Å². The van der Waals surface area contributed by atoms with Gasteiger partial charge >= 0.3 is 0 Å². The molecule has 5 aromatic rings. The molecule has 218 valence electrons. The van der Waals surface area contributed by atoms with Crippen LogP contribution in [0, 0.1) is 0 Å². The minimum atomic E-state index is 0.0257. The van der Waals surface area contributed by atoms with Crippen molar-refractivity contribution < 1.29 is 23.7 Å². The number of ketones is 1. The maximum Gasteiger partial charge on any atom is 0.195 e. The largest absolute Gasteiger partial charge is 0.497 e. The SMILES string of the molecule is COc1ccc(C2=C(c3ccc(OC)cc3)c3c4c(c5ccccc5c3OC2)-c2ccc(N3CCOCC3)cc2C4=O)cc1. The lowest BCUT2D eigenvalue weighted by Crippen LogP contribution is -2.36. The monoisotopic (exact) mass is 581 g/mol. The van der Waals surface area contributed by atoms with E-state index in [1.54, 1.807) is 14.2 Å². The quantitative estimate of drug-likeness (QED) is 0.214. The summed E-state index contributed by atoms with van der Waals surface area (Å²) < 4.78 is 23.2. The second-order valence-corrected chi connectivity index (χ2v) is 11.3. The number of morpholine rings is 1. The van der Waals surface area contributed by atoms with Crippen LogP contribution < -0.4 is 19.1 Å². The van der Waals surface area contributed by atoms with Crippen LogP contribution in [-0.2, 0) is 4.74 Å². The Labute approximate surface area is 256 Å². The molecule has 5 aromatic carbocycles. The van der Waals surface area contributed by atoms with E-state index in [1.165, 1.54) is 0 Å². The van der Waals surface area contributed by atoms with E-state index in [-0.39, 0.29) is 5.78 Å². The minimum Gasteiger partial charge on any atom is -0.497 e. The molecule has 0 atom stereocenters. The van der Waals surface area contributed by atoms with Crippen LogP contribution >= 0.6 is 0 Å². The van der Waals surface area contributed by atoms with Gasteiger partial charge in [0.1, 0.15) is 23.9 Å². The lowest BCUT2D eigenvalue weighted by atomic mass is 9.81. The van der Waals surface area contributed by atoms with Crippen LogP contribution in [-0.4, -0.2) is 52.9 Å². The van der Waals surface area contributed by atoms with Gasteiger partial charge in [-0.1, -0.05) is 54.6 Å². The summed E-state index contributed by atoms with van der Waals surface area (Å²) in [5.74, 6) is 2.33. The van der Waals surface area contributed by atoms with Gasteiger partial charge in [-0.2, -0.15) is 0 Å². The van der Waals surface area contributed by atoms with E-state index >= 15 is 0 Å². The predicted molar refractivity (Wildman–Crippen MR) is 173 cm³/mol. The Balaban J connectivity index is 1.41. The van der Waals surface area contributed by atoms with E-state index < -0.39 is 0 Å². The Morgan fingerprint density at radius 2 is 1.34 bits per heavy atom. The van der Waals surface area contributed by atoms with Gasteiger partial charge in [-0.15, -0.1) is 0 Å². The molecule has 1 aliphatic carbocycles. The van der Waals surface area contributed by atoms with Crippen LogP contribution in [0.4, 0.5) is 5.69 Å².